The fraction of sp³-hybridized carbons (Fsp3) is 0.348. The minimum Gasteiger partial charge on any atom is -0.351 e. The highest BCUT2D eigenvalue weighted by Gasteiger charge is 2.34. The zero-order chi connectivity index (χ0) is 21.5. The molecule has 2 aromatic rings. The minimum absolute atomic E-state index is 0.0277. The van der Waals surface area contributed by atoms with E-state index in [1.165, 1.54) is 11.3 Å². The normalized spacial score (nSPS) is 15.3. The Hall–Kier alpha value is -2.93. The molecule has 1 aliphatic rings. The smallest absolute Gasteiger partial charge is 0.263 e. The average molecular weight is 426 g/mol. The van der Waals surface area contributed by atoms with Crippen LogP contribution in [0.25, 0.3) is 0 Å². The second-order valence-corrected chi connectivity index (χ2v) is 8.41. The van der Waals surface area contributed by atoms with Crippen LogP contribution in [0.5, 0.6) is 0 Å². The highest BCUT2D eigenvalue weighted by molar-refractivity contribution is 7.12. The Kier molecular flexibility index (Phi) is 7.41. The Morgan fingerprint density at radius 1 is 1.23 bits per heavy atom. The van der Waals surface area contributed by atoms with E-state index in [2.05, 4.69) is 17.2 Å². The molecule has 1 atom stereocenters. The molecule has 0 bridgehead atoms. The summed E-state index contributed by atoms with van der Waals surface area (Å²) in [5.74, 6) is -0.510. The molecule has 1 fully saturated rings. The lowest BCUT2D eigenvalue weighted by Crippen LogP contribution is -2.53. The zero-order valence-electron chi connectivity index (χ0n) is 17.1. The van der Waals surface area contributed by atoms with E-state index >= 15 is 0 Å². The summed E-state index contributed by atoms with van der Waals surface area (Å²) >= 11 is 1.43. The number of hydrogen-bond donors (Lipinski definition) is 2. The SMILES string of the molecule is C=CCNC(=O)[C@H](NC(=O)c1cccc(C)c1)C1CCN(C(=O)c2cccs2)CC1. The second-order valence-electron chi connectivity index (χ2n) is 7.46. The largest absolute Gasteiger partial charge is 0.351 e. The van der Waals surface area contributed by atoms with E-state index in [-0.39, 0.29) is 23.6 Å². The minimum atomic E-state index is -0.656. The van der Waals surface area contributed by atoms with Crippen molar-refractivity contribution < 1.29 is 14.4 Å². The molecule has 30 heavy (non-hydrogen) atoms. The van der Waals surface area contributed by atoms with Crippen LogP contribution in [0.15, 0.2) is 54.4 Å². The first-order chi connectivity index (χ1) is 14.5. The maximum absolute atomic E-state index is 12.8. The number of amides is 3. The highest BCUT2D eigenvalue weighted by Crippen LogP contribution is 2.24. The fourth-order valence-corrected chi connectivity index (χ4v) is 4.37. The van der Waals surface area contributed by atoms with Crippen molar-refractivity contribution in [1.82, 2.24) is 15.5 Å². The summed E-state index contributed by atoms with van der Waals surface area (Å²) in [7, 11) is 0. The van der Waals surface area contributed by atoms with E-state index < -0.39 is 6.04 Å². The van der Waals surface area contributed by atoms with Gasteiger partial charge in [0.2, 0.25) is 5.91 Å². The number of piperidine rings is 1. The van der Waals surface area contributed by atoms with Gasteiger partial charge >= 0.3 is 0 Å². The number of carbonyl (C=O) groups is 3. The maximum Gasteiger partial charge on any atom is 0.263 e. The van der Waals surface area contributed by atoms with Gasteiger partial charge in [0, 0.05) is 25.2 Å². The van der Waals surface area contributed by atoms with E-state index in [0.29, 0.717) is 38.0 Å². The van der Waals surface area contributed by atoms with Crippen molar-refractivity contribution in [3.05, 3.63) is 70.4 Å². The van der Waals surface area contributed by atoms with Crippen LogP contribution in [0.1, 0.15) is 38.4 Å². The van der Waals surface area contributed by atoms with Gasteiger partial charge in [-0.05, 0) is 49.3 Å². The number of hydrogen-bond acceptors (Lipinski definition) is 4. The number of aryl methyl sites for hydroxylation is 1. The lowest BCUT2D eigenvalue weighted by molar-refractivity contribution is -0.124. The Balaban J connectivity index is 1.68. The van der Waals surface area contributed by atoms with Gasteiger partial charge in [-0.15, -0.1) is 17.9 Å². The number of rotatable bonds is 7. The molecule has 0 radical (unpaired) electrons. The molecule has 2 N–H and O–H groups in total. The summed E-state index contributed by atoms with van der Waals surface area (Å²) in [4.78, 5) is 40.7. The Morgan fingerprint density at radius 2 is 2.00 bits per heavy atom. The Bertz CT molecular complexity index is 902. The van der Waals surface area contributed by atoms with Crippen LogP contribution in [-0.2, 0) is 4.79 Å². The molecule has 7 heteroatoms. The van der Waals surface area contributed by atoms with Crippen molar-refractivity contribution >= 4 is 29.1 Å². The van der Waals surface area contributed by atoms with Gasteiger partial charge in [-0.25, -0.2) is 0 Å². The van der Waals surface area contributed by atoms with Crippen LogP contribution in [0.4, 0.5) is 0 Å². The lowest BCUT2D eigenvalue weighted by atomic mass is 9.88. The standard InChI is InChI=1S/C23H27N3O3S/c1-3-11-24-22(28)20(25-21(27)18-7-4-6-16(2)15-18)17-9-12-26(13-10-17)23(29)19-8-5-14-30-19/h3-8,14-15,17,20H,1,9-13H2,2H3,(H,24,28)(H,25,27)/t20-/m1/s1. The first-order valence-electron chi connectivity index (χ1n) is 10.1. The molecule has 0 unspecified atom stereocenters. The van der Waals surface area contributed by atoms with Crippen molar-refractivity contribution in [2.45, 2.75) is 25.8 Å². The number of thiophene rings is 1. The van der Waals surface area contributed by atoms with E-state index in [4.69, 9.17) is 0 Å². The maximum atomic E-state index is 12.8. The average Bonchev–Trinajstić information content (AvgIpc) is 3.30. The van der Waals surface area contributed by atoms with Crippen molar-refractivity contribution in [2.24, 2.45) is 5.92 Å². The Labute approximate surface area is 181 Å². The van der Waals surface area contributed by atoms with Gasteiger partial charge in [-0.3, -0.25) is 14.4 Å². The summed E-state index contributed by atoms with van der Waals surface area (Å²) in [6.07, 6.45) is 2.91. The molecule has 0 aliphatic carbocycles. The van der Waals surface area contributed by atoms with Crippen LogP contribution in [0.3, 0.4) is 0 Å². The predicted molar refractivity (Wildman–Crippen MR) is 119 cm³/mol. The molecule has 1 aromatic heterocycles. The molecule has 158 valence electrons. The third-order valence-electron chi connectivity index (χ3n) is 5.30. The van der Waals surface area contributed by atoms with E-state index in [0.717, 1.165) is 10.4 Å². The molecule has 1 aromatic carbocycles. The van der Waals surface area contributed by atoms with Gasteiger partial charge in [0.15, 0.2) is 0 Å². The predicted octanol–water partition coefficient (Wildman–Crippen LogP) is 3.01. The third kappa shape index (κ3) is 5.36. The second kappa shape index (κ2) is 10.2. The van der Waals surface area contributed by atoms with Crippen LogP contribution in [-0.4, -0.2) is 48.3 Å². The summed E-state index contributed by atoms with van der Waals surface area (Å²) < 4.78 is 0. The molecule has 2 heterocycles. The third-order valence-corrected chi connectivity index (χ3v) is 6.16. The molecular formula is C23H27N3O3S. The van der Waals surface area contributed by atoms with E-state index in [1.54, 1.807) is 18.2 Å². The van der Waals surface area contributed by atoms with Crippen LogP contribution >= 0.6 is 11.3 Å². The fourth-order valence-electron chi connectivity index (χ4n) is 3.68. The molecule has 6 nitrogen and oxygen atoms in total. The summed E-state index contributed by atoms with van der Waals surface area (Å²) in [5, 5.41) is 7.62. The molecule has 0 spiro atoms. The quantitative estimate of drug-likeness (QED) is 0.670. The van der Waals surface area contributed by atoms with Gasteiger partial charge < -0.3 is 15.5 Å². The number of carbonyl (C=O) groups excluding carboxylic acids is 3. The van der Waals surface area contributed by atoms with Gasteiger partial charge in [0.1, 0.15) is 6.04 Å². The van der Waals surface area contributed by atoms with Crippen molar-refractivity contribution in [2.75, 3.05) is 19.6 Å². The van der Waals surface area contributed by atoms with Crippen LogP contribution < -0.4 is 10.6 Å². The topological polar surface area (TPSA) is 78.5 Å². The lowest BCUT2D eigenvalue weighted by Gasteiger charge is -2.35. The van der Waals surface area contributed by atoms with Gasteiger partial charge in [-0.1, -0.05) is 29.8 Å². The molecule has 1 saturated heterocycles. The van der Waals surface area contributed by atoms with Gasteiger partial charge in [-0.2, -0.15) is 0 Å². The monoisotopic (exact) mass is 425 g/mol. The number of nitrogens with one attached hydrogen (secondary N) is 2. The Morgan fingerprint density at radius 3 is 2.63 bits per heavy atom. The summed E-state index contributed by atoms with van der Waals surface area (Å²) in [6.45, 7) is 7.02. The number of nitrogens with zero attached hydrogens (tertiary/aromatic N) is 1. The first kappa shape index (κ1) is 21.8. The highest BCUT2D eigenvalue weighted by atomic mass is 32.1. The van der Waals surface area contributed by atoms with Crippen molar-refractivity contribution in [3.63, 3.8) is 0 Å². The van der Waals surface area contributed by atoms with Crippen LogP contribution in [0, 0.1) is 12.8 Å². The van der Waals surface area contributed by atoms with Gasteiger partial charge in [0.25, 0.3) is 11.8 Å². The summed E-state index contributed by atoms with van der Waals surface area (Å²) in [5.41, 5.74) is 1.51. The van der Waals surface area contributed by atoms with E-state index in [9.17, 15) is 14.4 Å². The molecule has 0 saturated carbocycles. The number of benzene rings is 1. The van der Waals surface area contributed by atoms with Crippen molar-refractivity contribution in [1.29, 1.82) is 0 Å². The zero-order valence-corrected chi connectivity index (χ0v) is 17.9. The molecular weight excluding hydrogens is 398 g/mol. The molecule has 1 aliphatic heterocycles. The van der Waals surface area contributed by atoms with Crippen LogP contribution in [0.2, 0.25) is 0 Å². The van der Waals surface area contributed by atoms with E-state index in [1.807, 2.05) is 41.5 Å². The van der Waals surface area contributed by atoms with Gasteiger partial charge in [0.05, 0.1) is 4.88 Å². The first-order valence-corrected chi connectivity index (χ1v) is 11.0. The number of likely N-dealkylation sites (tertiary alicyclic amines) is 1. The summed E-state index contributed by atoms with van der Waals surface area (Å²) in [6, 6.07) is 10.3. The van der Waals surface area contributed by atoms with Crippen molar-refractivity contribution in [3.8, 4) is 0 Å². The molecule has 3 rings (SSSR count). The molecule has 3 amide bonds.